The minimum Gasteiger partial charge on any atom is -0.0654 e. The highest BCUT2D eigenvalue weighted by atomic mass is 14.5. The average Bonchev–Trinajstić information content (AvgIpc) is 2.37. The highest BCUT2D eigenvalue weighted by Crippen LogP contribution is 2.48. The fraction of sp³-hybridized carbons (Fsp3) is 1.00. The Balaban J connectivity index is 2.68. The molecular weight excluding hydrogens is 216 g/mol. The Hall–Kier alpha value is 0. The molecule has 1 aliphatic carbocycles. The molecule has 0 nitrogen and oxygen atoms in total. The lowest BCUT2D eigenvalue weighted by molar-refractivity contribution is 0.00151. The van der Waals surface area contributed by atoms with Gasteiger partial charge >= 0.3 is 0 Å². The zero-order valence-electron chi connectivity index (χ0n) is 13.7. The summed E-state index contributed by atoms with van der Waals surface area (Å²) in [5, 5.41) is 0. The van der Waals surface area contributed by atoms with Gasteiger partial charge in [-0.3, -0.25) is 0 Å². The van der Waals surface area contributed by atoms with Crippen LogP contribution < -0.4 is 0 Å². The maximum Gasteiger partial charge on any atom is -0.0357 e. The molecule has 1 rings (SSSR count). The molecule has 1 fully saturated rings. The van der Waals surface area contributed by atoms with Crippen molar-refractivity contribution in [2.45, 2.75) is 80.1 Å². The summed E-state index contributed by atoms with van der Waals surface area (Å²) >= 11 is 0. The van der Waals surface area contributed by atoms with Crippen LogP contribution in [0.15, 0.2) is 0 Å². The Morgan fingerprint density at radius 1 is 0.556 bits per heavy atom. The highest BCUT2D eigenvalue weighted by Gasteiger charge is 2.41. The Morgan fingerprint density at radius 3 is 1.06 bits per heavy atom. The maximum atomic E-state index is 2.53. The molecule has 0 N–H and O–H groups in total. The van der Waals surface area contributed by atoms with E-state index in [2.05, 4.69) is 41.5 Å². The van der Waals surface area contributed by atoms with Crippen molar-refractivity contribution < 1.29 is 0 Å². The summed E-state index contributed by atoms with van der Waals surface area (Å²) in [5.74, 6) is 5.70. The highest BCUT2D eigenvalue weighted by molar-refractivity contribution is 4.90. The van der Waals surface area contributed by atoms with E-state index in [-0.39, 0.29) is 0 Å². The maximum absolute atomic E-state index is 2.53. The van der Waals surface area contributed by atoms with E-state index in [9.17, 15) is 0 Å². The monoisotopic (exact) mass is 252 g/mol. The molecule has 0 aromatic carbocycles. The Labute approximate surface area is 116 Å². The first kappa shape index (κ1) is 16.1. The zero-order chi connectivity index (χ0) is 13.7. The van der Waals surface area contributed by atoms with Crippen LogP contribution in [0.1, 0.15) is 80.1 Å². The van der Waals surface area contributed by atoms with Crippen molar-refractivity contribution >= 4 is 0 Å². The lowest BCUT2D eigenvalue weighted by atomic mass is 9.57. The smallest absolute Gasteiger partial charge is 0.0357 e. The quantitative estimate of drug-likeness (QED) is 0.531. The van der Waals surface area contributed by atoms with E-state index in [4.69, 9.17) is 0 Å². The first-order valence-electron chi connectivity index (χ1n) is 8.54. The van der Waals surface area contributed by atoms with Gasteiger partial charge in [-0.25, -0.2) is 0 Å². The summed E-state index contributed by atoms with van der Waals surface area (Å²) in [6.45, 7) is 14.8. The molecule has 0 heterocycles. The van der Waals surface area contributed by atoms with Crippen molar-refractivity contribution in [1.29, 1.82) is 0 Å². The fourth-order valence-corrected chi connectivity index (χ4v) is 4.45. The summed E-state index contributed by atoms with van der Waals surface area (Å²) < 4.78 is 0. The van der Waals surface area contributed by atoms with Crippen LogP contribution in [-0.2, 0) is 0 Å². The molecule has 0 amide bonds. The molecule has 0 radical (unpaired) electrons. The van der Waals surface area contributed by atoms with Crippen molar-refractivity contribution in [2.24, 2.45) is 35.5 Å². The van der Waals surface area contributed by atoms with E-state index in [1.165, 1.54) is 38.5 Å². The van der Waals surface area contributed by atoms with Gasteiger partial charge < -0.3 is 0 Å². The molecule has 4 unspecified atom stereocenters. The third-order valence-corrected chi connectivity index (χ3v) is 6.14. The summed E-state index contributed by atoms with van der Waals surface area (Å²) in [7, 11) is 0. The number of hydrogen-bond donors (Lipinski definition) is 0. The first-order chi connectivity index (χ1) is 8.54. The van der Waals surface area contributed by atoms with Gasteiger partial charge in [0.25, 0.3) is 0 Å². The summed E-state index contributed by atoms with van der Waals surface area (Å²) in [4.78, 5) is 0. The van der Waals surface area contributed by atoms with Gasteiger partial charge in [-0.1, -0.05) is 67.2 Å². The second kappa shape index (κ2) is 7.56. The molecule has 4 atom stereocenters. The normalized spacial score (nSPS) is 41.0. The van der Waals surface area contributed by atoms with E-state index in [1.54, 1.807) is 0 Å². The Kier molecular flexibility index (Phi) is 6.74. The minimum absolute atomic E-state index is 0.935. The van der Waals surface area contributed by atoms with Crippen molar-refractivity contribution in [2.75, 3.05) is 0 Å². The summed E-state index contributed by atoms with van der Waals surface area (Å²) in [5.41, 5.74) is 0. The second-order valence-corrected chi connectivity index (χ2v) is 7.05. The molecule has 1 aliphatic rings. The minimum atomic E-state index is 0.935. The van der Waals surface area contributed by atoms with Crippen LogP contribution in [0.4, 0.5) is 0 Å². The topological polar surface area (TPSA) is 0 Å². The van der Waals surface area contributed by atoms with Gasteiger partial charge in [-0.2, -0.15) is 0 Å². The van der Waals surface area contributed by atoms with Crippen LogP contribution in [0.3, 0.4) is 0 Å². The fourth-order valence-electron chi connectivity index (χ4n) is 4.45. The molecule has 0 saturated heterocycles. The lowest BCUT2D eigenvalue weighted by Crippen LogP contribution is -2.42. The Bertz CT molecular complexity index is 180. The molecule has 0 spiro atoms. The van der Waals surface area contributed by atoms with E-state index >= 15 is 0 Å². The van der Waals surface area contributed by atoms with E-state index in [1.807, 2.05) is 0 Å². The van der Waals surface area contributed by atoms with Gasteiger partial charge in [0.1, 0.15) is 0 Å². The number of unbranched alkanes of at least 4 members (excludes halogenated alkanes) is 2. The zero-order valence-corrected chi connectivity index (χ0v) is 13.7. The predicted octanol–water partition coefficient (Wildman–Crippen LogP) is 6.16. The van der Waals surface area contributed by atoms with E-state index < -0.39 is 0 Å². The largest absolute Gasteiger partial charge is 0.0654 e. The molecule has 108 valence electrons. The van der Waals surface area contributed by atoms with Crippen LogP contribution >= 0.6 is 0 Å². The molecular formula is C18H36. The second-order valence-electron chi connectivity index (χ2n) is 7.05. The molecule has 18 heavy (non-hydrogen) atoms. The van der Waals surface area contributed by atoms with Crippen LogP contribution in [-0.4, -0.2) is 0 Å². The van der Waals surface area contributed by atoms with Crippen LogP contribution in [0.5, 0.6) is 0 Å². The molecule has 0 aromatic rings. The number of rotatable bonds is 6. The van der Waals surface area contributed by atoms with Crippen molar-refractivity contribution in [1.82, 2.24) is 0 Å². The Morgan fingerprint density at radius 2 is 0.833 bits per heavy atom. The van der Waals surface area contributed by atoms with Gasteiger partial charge in [-0.15, -0.1) is 0 Å². The van der Waals surface area contributed by atoms with Gasteiger partial charge in [0.15, 0.2) is 0 Å². The lowest BCUT2D eigenvalue weighted by Gasteiger charge is -2.49. The van der Waals surface area contributed by atoms with Crippen LogP contribution in [0.2, 0.25) is 0 Å². The van der Waals surface area contributed by atoms with Gasteiger partial charge in [0.2, 0.25) is 0 Å². The predicted molar refractivity (Wildman–Crippen MR) is 82.7 cm³/mol. The third kappa shape index (κ3) is 3.52. The molecule has 0 bridgehead atoms. The van der Waals surface area contributed by atoms with Gasteiger partial charge in [0.05, 0.1) is 0 Å². The molecule has 0 aromatic heterocycles. The van der Waals surface area contributed by atoms with Crippen LogP contribution in [0.25, 0.3) is 0 Å². The van der Waals surface area contributed by atoms with Crippen molar-refractivity contribution in [3.05, 3.63) is 0 Å². The summed E-state index contributed by atoms with van der Waals surface area (Å²) in [6.07, 6.45) is 8.51. The third-order valence-electron chi connectivity index (χ3n) is 6.14. The van der Waals surface area contributed by atoms with Crippen molar-refractivity contribution in [3.63, 3.8) is 0 Å². The van der Waals surface area contributed by atoms with E-state index in [0.717, 1.165) is 35.5 Å². The molecule has 0 aliphatic heterocycles. The van der Waals surface area contributed by atoms with Crippen molar-refractivity contribution in [3.8, 4) is 0 Å². The van der Waals surface area contributed by atoms with Gasteiger partial charge in [-0.05, 0) is 48.3 Å². The average molecular weight is 252 g/mol. The standard InChI is InChI=1S/C18H36/c1-7-9-11-17-13(3)15(5)18(12-10-8-2)16(6)14(17)4/h13-18H,7-12H2,1-6H3. The van der Waals surface area contributed by atoms with Crippen LogP contribution in [0, 0.1) is 35.5 Å². The number of hydrogen-bond acceptors (Lipinski definition) is 0. The molecule has 0 heteroatoms. The SMILES string of the molecule is CCCCC1C(C)C(C)C(CCCC)C(C)C1C. The van der Waals surface area contributed by atoms with Gasteiger partial charge in [0, 0.05) is 0 Å². The summed E-state index contributed by atoms with van der Waals surface area (Å²) in [6, 6.07) is 0. The first-order valence-corrected chi connectivity index (χ1v) is 8.54. The van der Waals surface area contributed by atoms with E-state index in [0.29, 0.717) is 0 Å². The molecule has 1 saturated carbocycles.